The van der Waals surface area contributed by atoms with Crippen LogP contribution >= 0.6 is 0 Å². The van der Waals surface area contributed by atoms with Crippen molar-refractivity contribution in [2.45, 2.75) is 64.5 Å². The van der Waals surface area contributed by atoms with E-state index >= 15 is 0 Å². The predicted molar refractivity (Wildman–Crippen MR) is 82.5 cm³/mol. The summed E-state index contributed by atoms with van der Waals surface area (Å²) in [7, 11) is 0. The van der Waals surface area contributed by atoms with E-state index in [0.717, 1.165) is 32.4 Å². The number of hydrogen-bond acceptors (Lipinski definition) is 3. The van der Waals surface area contributed by atoms with Crippen molar-refractivity contribution in [2.75, 3.05) is 13.1 Å². The van der Waals surface area contributed by atoms with E-state index in [1.54, 1.807) is 0 Å². The maximum Gasteiger partial charge on any atom is 0.237 e. The third kappa shape index (κ3) is 4.19. The van der Waals surface area contributed by atoms with Crippen LogP contribution in [0.15, 0.2) is 0 Å². The fourth-order valence-electron chi connectivity index (χ4n) is 3.57. The Morgan fingerprint density at radius 2 is 1.76 bits per heavy atom. The molecule has 0 radical (unpaired) electrons. The third-order valence-electron chi connectivity index (χ3n) is 5.30. The Bertz CT molecular complexity index is 378. The summed E-state index contributed by atoms with van der Waals surface area (Å²) < 4.78 is 0. The van der Waals surface area contributed by atoms with Gasteiger partial charge < -0.3 is 11.1 Å². The molecule has 1 aliphatic carbocycles. The van der Waals surface area contributed by atoms with Crippen molar-refractivity contribution in [3.8, 4) is 0 Å². The van der Waals surface area contributed by atoms with Gasteiger partial charge in [-0.15, -0.1) is 0 Å². The molecular weight excluding hydrogens is 266 g/mol. The zero-order chi connectivity index (χ0) is 15.4. The first-order valence-electron chi connectivity index (χ1n) is 8.32. The molecule has 1 saturated carbocycles. The molecule has 21 heavy (non-hydrogen) atoms. The lowest BCUT2D eigenvalue weighted by Gasteiger charge is -2.36. The second-order valence-corrected chi connectivity index (χ2v) is 6.77. The summed E-state index contributed by atoms with van der Waals surface area (Å²) >= 11 is 0. The average Bonchev–Trinajstić information content (AvgIpc) is 2.49. The molecule has 0 bridgehead atoms. The van der Waals surface area contributed by atoms with Gasteiger partial charge in [0.1, 0.15) is 0 Å². The molecule has 2 fully saturated rings. The first-order chi connectivity index (χ1) is 9.99. The Balaban J connectivity index is 1.81. The number of nitrogens with one attached hydrogen (secondary N) is 1. The van der Waals surface area contributed by atoms with Crippen LogP contribution in [-0.2, 0) is 9.59 Å². The molecule has 0 spiro atoms. The van der Waals surface area contributed by atoms with Crippen molar-refractivity contribution >= 4 is 11.8 Å². The van der Waals surface area contributed by atoms with E-state index in [2.05, 4.69) is 17.1 Å². The Kier molecular flexibility index (Phi) is 5.62. The van der Waals surface area contributed by atoms with Gasteiger partial charge in [0, 0.05) is 12.0 Å². The van der Waals surface area contributed by atoms with Crippen LogP contribution in [-0.4, -0.2) is 41.9 Å². The fourth-order valence-corrected chi connectivity index (χ4v) is 3.57. The summed E-state index contributed by atoms with van der Waals surface area (Å²) in [4.78, 5) is 25.8. The lowest BCUT2D eigenvalue weighted by molar-refractivity contribution is -0.128. The standard InChI is InChI=1S/C16H29N3O2/c1-11-5-3-4-6-14(11)18-16(21)12(2)19-9-7-13(8-10-19)15(17)20/h11-14H,3-10H2,1-2H3,(H2,17,20)(H,18,21)/t11-,12+,14-/m0/s1. The second-order valence-electron chi connectivity index (χ2n) is 6.77. The minimum Gasteiger partial charge on any atom is -0.369 e. The molecule has 3 N–H and O–H groups in total. The molecule has 1 heterocycles. The molecule has 2 aliphatic rings. The minimum atomic E-state index is -0.206. The number of rotatable bonds is 4. The van der Waals surface area contributed by atoms with Crippen LogP contribution in [0.25, 0.3) is 0 Å². The van der Waals surface area contributed by atoms with E-state index in [1.807, 2.05) is 6.92 Å². The number of piperidine rings is 1. The number of hydrogen-bond donors (Lipinski definition) is 2. The van der Waals surface area contributed by atoms with E-state index in [4.69, 9.17) is 5.73 Å². The summed E-state index contributed by atoms with van der Waals surface area (Å²) in [5.41, 5.74) is 5.35. The normalized spacial score (nSPS) is 29.8. The first kappa shape index (κ1) is 16.3. The highest BCUT2D eigenvalue weighted by Gasteiger charge is 2.30. The van der Waals surface area contributed by atoms with Crippen LogP contribution < -0.4 is 11.1 Å². The lowest BCUT2D eigenvalue weighted by atomic mass is 9.86. The van der Waals surface area contributed by atoms with Crippen LogP contribution in [0.4, 0.5) is 0 Å². The average molecular weight is 295 g/mol. The minimum absolute atomic E-state index is 0.0186. The van der Waals surface area contributed by atoms with Gasteiger partial charge in [0.25, 0.3) is 0 Å². The third-order valence-corrected chi connectivity index (χ3v) is 5.30. The van der Waals surface area contributed by atoms with E-state index in [0.29, 0.717) is 12.0 Å². The van der Waals surface area contributed by atoms with Crippen molar-refractivity contribution in [2.24, 2.45) is 17.6 Å². The molecule has 2 amide bonds. The topological polar surface area (TPSA) is 75.4 Å². The fraction of sp³-hybridized carbons (Fsp3) is 0.875. The maximum absolute atomic E-state index is 12.4. The van der Waals surface area contributed by atoms with Crippen LogP contribution in [0.5, 0.6) is 0 Å². The molecule has 3 atom stereocenters. The highest BCUT2D eigenvalue weighted by molar-refractivity contribution is 5.81. The van der Waals surface area contributed by atoms with Gasteiger partial charge in [-0.2, -0.15) is 0 Å². The molecule has 5 heteroatoms. The summed E-state index contributed by atoms with van der Waals surface area (Å²) in [6.45, 7) is 5.76. The molecule has 0 unspecified atom stereocenters. The van der Waals surface area contributed by atoms with Gasteiger partial charge in [0.2, 0.25) is 11.8 Å². The SMILES string of the molecule is C[C@H](C(=O)N[C@H]1CCCC[C@@H]1C)N1CCC(C(N)=O)CC1. The largest absolute Gasteiger partial charge is 0.369 e. The number of nitrogens with two attached hydrogens (primary N) is 1. The van der Waals surface area contributed by atoms with Gasteiger partial charge in [0.05, 0.1) is 6.04 Å². The number of primary amides is 1. The Hall–Kier alpha value is -1.10. The molecule has 0 aromatic rings. The molecule has 5 nitrogen and oxygen atoms in total. The van der Waals surface area contributed by atoms with Gasteiger partial charge in [-0.3, -0.25) is 14.5 Å². The Morgan fingerprint density at radius 1 is 1.14 bits per heavy atom. The zero-order valence-electron chi connectivity index (χ0n) is 13.3. The van der Waals surface area contributed by atoms with Crippen LogP contribution in [0.2, 0.25) is 0 Å². The molecule has 1 saturated heterocycles. The van der Waals surface area contributed by atoms with Gasteiger partial charge in [-0.1, -0.05) is 19.8 Å². The van der Waals surface area contributed by atoms with Crippen molar-refractivity contribution in [3.05, 3.63) is 0 Å². The number of carbonyl (C=O) groups is 2. The van der Waals surface area contributed by atoms with Crippen LogP contribution in [0.3, 0.4) is 0 Å². The summed E-state index contributed by atoms with van der Waals surface area (Å²) in [6, 6.07) is 0.213. The van der Waals surface area contributed by atoms with Gasteiger partial charge >= 0.3 is 0 Å². The Labute approximate surface area is 127 Å². The summed E-state index contributed by atoms with van der Waals surface area (Å²) in [5, 5.41) is 3.23. The summed E-state index contributed by atoms with van der Waals surface area (Å²) in [5.74, 6) is 0.486. The number of carbonyl (C=O) groups excluding carboxylic acids is 2. The van der Waals surface area contributed by atoms with Gasteiger partial charge in [0.15, 0.2) is 0 Å². The highest BCUT2D eigenvalue weighted by atomic mass is 16.2. The first-order valence-corrected chi connectivity index (χ1v) is 8.32. The van der Waals surface area contributed by atoms with Gasteiger partial charge in [-0.25, -0.2) is 0 Å². The Morgan fingerprint density at radius 3 is 2.33 bits per heavy atom. The van der Waals surface area contributed by atoms with E-state index in [-0.39, 0.29) is 23.8 Å². The van der Waals surface area contributed by atoms with Crippen LogP contribution in [0.1, 0.15) is 52.4 Å². The molecule has 1 aliphatic heterocycles. The smallest absolute Gasteiger partial charge is 0.237 e. The van der Waals surface area contributed by atoms with Crippen molar-refractivity contribution < 1.29 is 9.59 Å². The predicted octanol–water partition coefficient (Wildman–Crippen LogP) is 1.27. The van der Waals surface area contributed by atoms with Crippen molar-refractivity contribution in [3.63, 3.8) is 0 Å². The van der Waals surface area contributed by atoms with E-state index in [1.165, 1.54) is 19.3 Å². The quantitative estimate of drug-likeness (QED) is 0.820. The summed E-state index contributed by atoms with van der Waals surface area (Å²) in [6.07, 6.45) is 6.35. The van der Waals surface area contributed by atoms with Crippen LogP contribution in [0, 0.1) is 11.8 Å². The van der Waals surface area contributed by atoms with E-state index < -0.39 is 0 Å². The highest BCUT2D eigenvalue weighted by Crippen LogP contribution is 2.24. The van der Waals surface area contributed by atoms with Crippen molar-refractivity contribution in [1.82, 2.24) is 10.2 Å². The molecule has 120 valence electrons. The number of likely N-dealkylation sites (tertiary alicyclic amines) is 1. The molecule has 0 aromatic heterocycles. The monoisotopic (exact) mass is 295 g/mol. The molecule has 2 rings (SSSR count). The molecule has 0 aromatic carbocycles. The lowest BCUT2D eigenvalue weighted by Crippen LogP contribution is -2.52. The maximum atomic E-state index is 12.4. The number of amides is 2. The number of nitrogens with zero attached hydrogens (tertiary/aromatic N) is 1. The second kappa shape index (κ2) is 7.25. The van der Waals surface area contributed by atoms with Crippen molar-refractivity contribution in [1.29, 1.82) is 0 Å². The zero-order valence-corrected chi connectivity index (χ0v) is 13.3. The van der Waals surface area contributed by atoms with Gasteiger partial charge in [-0.05, 0) is 51.6 Å². The van der Waals surface area contributed by atoms with E-state index in [9.17, 15) is 9.59 Å². The molecular formula is C16H29N3O2.